The molecule has 1 aliphatic rings. The molecule has 0 bridgehead atoms. The first-order valence-electron chi connectivity index (χ1n) is 10.7. The molecular formula is C25H23N3O4S. The van der Waals surface area contributed by atoms with Gasteiger partial charge in [-0.25, -0.2) is 9.78 Å². The van der Waals surface area contributed by atoms with Gasteiger partial charge in [0.2, 0.25) is 0 Å². The molecule has 2 aromatic carbocycles. The van der Waals surface area contributed by atoms with Gasteiger partial charge >= 0.3 is 5.63 Å². The summed E-state index contributed by atoms with van der Waals surface area (Å²) in [6.07, 6.45) is 0. The van der Waals surface area contributed by atoms with Crippen LogP contribution in [0.1, 0.15) is 16.1 Å². The molecular weight excluding hydrogens is 438 g/mol. The number of carbonyl (C=O) groups excluding carboxylic acids is 1. The first-order valence-corrected chi connectivity index (χ1v) is 11.6. The second kappa shape index (κ2) is 9.17. The van der Waals surface area contributed by atoms with E-state index in [1.807, 2.05) is 36.4 Å². The topological polar surface area (TPSA) is 75.9 Å². The van der Waals surface area contributed by atoms with Crippen molar-refractivity contribution >= 4 is 28.2 Å². The molecule has 168 valence electrons. The Kier molecular flexibility index (Phi) is 5.93. The molecule has 7 nitrogen and oxygen atoms in total. The number of hydrogen-bond donors (Lipinski definition) is 0. The second-order valence-corrected chi connectivity index (χ2v) is 8.78. The van der Waals surface area contributed by atoms with Gasteiger partial charge in [0, 0.05) is 49.1 Å². The Morgan fingerprint density at radius 2 is 1.85 bits per heavy atom. The van der Waals surface area contributed by atoms with Crippen molar-refractivity contribution in [3.05, 3.63) is 81.7 Å². The van der Waals surface area contributed by atoms with Crippen LogP contribution in [0, 0.1) is 0 Å². The standard InChI is InChI=1S/C25H23N3O4S/c1-31-20-8-6-17(7-9-20)23-26-19(16-33-23)15-27-10-12-28(13-11-27)24(29)21-14-18-4-2-3-5-22(18)32-25(21)30/h2-9,14,16H,10-13,15H2,1H3. The summed E-state index contributed by atoms with van der Waals surface area (Å²) < 4.78 is 10.5. The zero-order chi connectivity index (χ0) is 22.8. The molecule has 1 aliphatic heterocycles. The average Bonchev–Trinajstić information content (AvgIpc) is 3.32. The Labute approximate surface area is 194 Å². The maximum Gasteiger partial charge on any atom is 0.349 e. The Morgan fingerprint density at radius 3 is 2.61 bits per heavy atom. The molecule has 0 aliphatic carbocycles. The number of benzene rings is 2. The number of thiazole rings is 1. The number of piperazine rings is 1. The number of carbonyl (C=O) groups is 1. The van der Waals surface area contributed by atoms with Crippen LogP contribution in [0.15, 0.2) is 69.2 Å². The number of methoxy groups -OCH3 is 1. The monoisotopic (exact) mass is 461 g/mol. The molecule has 33 heavy (non-hydrogen) atoms. The lowest BCUT2D eigenvalue weighted by molar-refractivity contribution is 0.0623. The number of amides is 1. The van der Waals surface area contributed by atoms with Crippen LogP contribution in [0.2, 0.25) is 0 Å². The molecule has 0 unspecified atom stereocenters. The Morgan fingerprint density at radius 1 is 1.09 bits per heavy atom. The maximum absolute atomic E-state index is 13.0. The third-order valence-corrected chi connectivity index (χ3v) is 6.75. The van der Waals surface area contributed by atoms with E-state index in [2.05, 4.69) is 10.3 Å². The maximum atomic E-state index is 13.0. The Hall–Kier alpha value is -3.49. The quantitative estimate of drug-likeness (QED) is 0.420. The smallest absolute Gasteiger partial charge is 0.349 e. The molecule has 5 rings (SSSR count). The van der Waals surface area contributed by atoms with E-state index >= 15 is 0 Å². The predicted molar refractivity (Wildman–Crippen MR) is 128 cm³/mol. The lowest BCUT2D eigenvalue weighted by Crippen LogP contribution is -2.49. The van der Waals surface area contributed by atoms with Crippen LogP contribution < -0.4 is 10.4 Å². The lowest BCUT2D eigenvalue weighted by atomic mass is 10.1. The average molecular weight is 462 g/mol. The Bertz CT molecular complexity index is 1340. The summed E-state index contributed by atoms with van der Waals surface area (Å²) in [6.45, 7) is 3.29. The van der Waals surface area contributed by atoms with Gasteiger partial charge in [0.15, 0.2) is 0 Å². The van der Waals surface area contributed by atoms with E-state index < -0.39 is 5.63 Å². The molecule has 0 spiro atoms. The van der Waals surface area contributed by atoms with Gasteiger partial charge in [-0.15, -0.1) is 11.3 Å². The molecule has 0 N–H and O–H groups in total. The van der Waals surface area contributed by atoms with Gasteiger partial charge in [-0.05, 0) is 36.4 Å². The van der Waals surface area contributed by atoms with Gasteiger partial charge in [-0.1, -0.05) is 18.2 Å². The third kappa shape index (κ3) is 4.53. The van der Waals surface area contributed by atoms with Gasteiger partial charge in [0.25, 0.3) is 5.91 Å². The normalized spacial score (nSPS) is 14.5. The fourth-order valence-corrected chi connectivity index (χ4v) is 4.78. The highest BCUT2D eigenvalue weighted by molar-refractivity contribution is 7.13. The Balaban J connectivity index is 1.21. The fourth-order valence-electron chi connectivity index (χ4n) is 3.97. The van der Waals surface area contributed by atoms with E-state index in [9.17, 15) is 9.59 Å². The molecule has 1 saturated heterocycles. The predicted octanol–water partition coefficient (Wildman–Crippen LogP) is 3.88. The summed E-state index contributed by atoms with van der Waals surface area (Å²) in [4.78, 5) is 34.1. The van der Waals surface area contributed by atoms with Crippen LogP contribution in [0.4, 0.5) is 0 Å². The number of fused-ring (bicyclic) bond motifs is 1. The van der Waals surface area contributed by atoms with Gasteiger partial charge in [0.1, 0.15) is 21.9 Å². The molecule has 4 aromatic rings. The summed E-state index contributed by atoms with van der Waals surface area (Å²) in [5, 5.41) is 3.80. The van der Waals surface area contributed by atoms with Crippen molar-refractivity contribution in [2.75, 3.05) is 33.3 Å². The van der Waals surface area contributed by atoms with Crippen molar-refractivity contribution in [2.24, 2.45) is 0 Å². The van der Waals surface area contributed by atoms with E-state index in [0.717, 1.165) is 47.0 Å². The molecule has 1 fully saturated rings. The van der Waals surface area contributed by atoms with Gasteiger partial charge in [-0.2, -0.15) is 0 Å². The third-order valence-electron chi connectivity index (χ3n) is 5.81. The summed E-state index contributed by atoms with van der Waals surface area (Å²) in [5.41, 5.74) is 2.07. The first-order chi connectivity index (χ1) is 16.1. The zero-order valence-electron chi connectivity index (χ0n) is 18.2. The summed E-state index contributed by atoms with van der Waals surface area (Å²) in [7, 11) is 1.65. The van der Waals surface area contributed by atoms with Crippen LogP contribution in [0.5, 0.6) is 5.75 Å². The fraction of sp³-hybridized carbons (Fsp3) is 0.240. The van der Waals surface area contributed by atoms with Crippen molar-refractivity contribution in [2.45, 2.75) is 6.54 Å². The first kappa shape index (κ1) is 21.4. The molecule has 0 radical (unpaired) electrons. The number of aromatic nitrogens is 1. The van der Waals surface area contributed by atoms with E-state index in [0.29, 0.717) is 18.7 Å². The SMILES string of the molecule is COc1ccc(-c2nc(CN3CCN(C(=O)c4cc5ccccc5oc4=O)CC3)cs2)cc1. The molecule has 2 aromatic heterocycles. The number of rotatable bonds is 5. The molecule has 0 atom stereocenters. The molecule has 8 heteroatoms. The molecule has 1 amide bonds. The zero-order valence-corrected chi connectivity index (χ0v) is 19.0. The van der Waals surface area contributed by atoms with Gasteiger partial charge < -0.3 is 14.1 Å². The number of ether oxygens (including phenoxy) is 1. The van der Waals surface area contributed by atoms with Crippen LogP contribution in [0.3, 0.4) is 0 Å². The number of hydrogen-bond acceptors (Lipinski definition) is 7. The van der Waals surface area contributed by atoms with Crippen molar-refractivity contribution in [3.8, 4) is 16.3 Å². The van der Waals surface area contributed by atoms with Crippen LogP contribution in [-0.2, 0) is 6.54 Å². The largest absolute Gasteiger partial charge is 0.497 e. The second-order valence-electron chi connectivity index (χ2n) is 7.93. The molecule has 0 saturated carbocycles. The van der Waals surface area contributed by atoms with Crippen molar-refractivity contribution in [3.63, 3.8) is 0 Å². The number of para-hydroxylation sites is 1. The van der Waals surface area contributed by atoms with E-state index in [-0.39, 0.29) is 11.5 Å². The minimum absolute atomic E-state index is 0.0887. The summed E-state index contributed by atoms with van der Waals surface area (Å²) >= 11 is 1.62. The van der Waals surface area contributed by atoms with Crippen molar-refractivity contribution < 1.29 is 13.9 Å². The minimum atomic E-state index is -0.588. The molecule has 3 heterocycles. The van der Waals surface area contributed by atoms with Gasteiger partial charge in [-0.3, -0.25) is 9.69 Å². The van der Waals surface area contributed by atoms with Gasteiger partial charge in [0.05, 0.1) is 12.8 Å². The highest BCUT2D eigenvalue weighted by Crippen LogP contribution is 2.26. The van der Waals surface area contributed by atoms with Crippen LogP contribution >= 0.6 is 11.3 Å². The van der Waals surface area contributed by atoms with E-state index in [1.165, 1.54) is 0 Å². The number of nitrogens with zero attached hydrogens (tertiary/aromatic N) is 3. The van der Waals surface area contributed by atoms with Crippen LogP contribution in [-0.4, -0.2) is 54.0 Å². The minimum Gasteiger partial charge on any atom is -0.497 e. The van der Waals surface area contributed by atoms with Crippen LogP contribution in [0.25, 0.3) is 21.5 Å². The van der Waals surface area contributed by atoms with E-state index in [1.54, 1.807) is 41.5 Å². The lowest BCUT2D eigenvalue weighted by Gasteiger charge is -2.34. The van der Waals surface area contributed by atoms with Crippen molar-refractivity contribution in [1.82, 2.24) is 14.8 Å². The van der Waals surface area contributed by atoms with E-state index in [4.69, 9.17) is 14.1 Å². The highest BCUT2D eigenvalue weighted by Gasteiger charge is 2.25. The summed E-state index contributed by atoms with van der Waals surface area (Å²) in [6, 6.07) is 16.7. The highest BCUT2D eigenvalue weighted by atomic mass is 32.1. The summed E-state index contributed by atoms with van der Waals surface area (Å²) in [5.74, 6) is 0.550. The van der Waals surface area contributed by atoms with Crippen molar-refractivity contribution in [1.29, 1.82) is 0 Å².